The molecule has 0 bridgehead atoms. The van der Waals surface area contributed by atoms with Crippen LogP contribution in [0.2, 0.25) is 0 Å². The number of fused-ring (bicyclic) bond motifs is 1. The third-order valence-electron chi connectivity index (χ3n) is 4.82. The van der Waals surface area contributed by atoms with E-state index in [2.05, 4.69) is 35.2 Å². The summed E-state index contributed by atoms with van der Waals surface area (Å²) < 4.78 is 10.9. The predicted octanol–water partition coefficient (Wildman–Crippen LogP) is 3.78. The highest BCUT2D eigenvalue weighted by atomic mass is 16.7. The van der Waals surface area contributed by atoms with E-state index in [1.807, 2.05) is 30.3 Å². The Labute approximate surface area is 164 Å². The molecule has 5 nitrogen and oxygen atoms in total. The lowest BCUT2D eigenvalue weighted by Gasteiger charge is -2.23. The number of rotatable bonds is 7. The van der Waals surface area contributed by atoms with E-state index in [0.29, 0.717) is 6.54 Å². The van der Waals surface area contributed by atoms with Gasteiger partial charge in [-0.25, -0.2) is 0 Å². The maximum absolute atomic E-state index is 9.81. The molecule has 0 aliphatic carbocycles. The van der Waals surface area contributed by atoms with E-state index in [4.69, 9.17) is 15.2 Å². The lowest BCUT2D eigenvalue weighted by atomic mass is 10.1. The van der Waals surface area contributed by atoms with E-state index in [1.54, 1.807) is 6.07 Å². The number of aromatic hydroxyl groups is 1. The number of phenolic OH excluding ortho intramolecular Hbond substituents is 1. The Hall–Kier alpha value is -3.02. The number of hydrogen-bond donors (Lipinski definition) is 2. The van der Waals surface area contributed by atoms with Crippen molar-refractivity contribution in [3.05, 3.63) is 89.0 Å². The Morgan fingerprint density at radius 3 is 2.14 bits per heavy atom. The fourth-order valence-corrected chi connectivity index (χ4v) is 3.42. The first kappa shape index (κ1) is 18.3. The molecular weight excluding hydrogens is 352 g/mol. The van der Waals surface area contributed by atoms with Crippen LogP contribution in [0.15, 0.2) is 66.7 Å². The molecule has 0 amide bonds. The van der Waals surface area contributed by atoms with Gasteiger partial charge in [0, 0.05) is 26.2 Å². The number of nitrogens with zero attached hydrogens (tertiary/aromatic N) is 1. The minimum Gasteiger partial charge on any atom is -0.508 e. The average molecular weight is 376 g/mol. The van der Waals surface area contributed by atoms with Gasteiger partial charge in [0.2, 0.25) is 6.79 Å². The van der Waals surface area contributed by atoms with Gasteiger partial charge in [-0.05, 0) is 46.5 Å². The average Bonchev–Trinajstić information content (AvgIpc) is 3.16. The Bertz CT molecular complexity index is 941. The highest BCUT2D eigenvalue weighted by Crippen LogP contribution is 2.33. The topological polar surface area (TPSA) is 68.0 Å². The summed E-state index contributed by atoms with van der Waals surface area (Å²) in [6, 6.07) is 21.9. The number of hydrogen-bond acceptors (Lipinski definition) is 5. The van der Waals surface area contributed by atoms with Crippen LogP contribution >= 0.6 is 0 Å². The van der Waals surface area contributed by atoms with Gasteiger partial charge in [-0.15, -0.1) is 0 Å². The minimum absolute atomic E-state index is 0.277. The zero-order valence-electron chi connectivity index (χ0n) is 15.7. The summed E-state index contributed by atoms with van der Waals surface area (Å²) in [6.45, 7) is 3.09. The molecule has 1 aliphatic rings. The minimum atomic E-state index is 0.277. The van der Waals surface area contributed by atoms with Crippen LogP contribution < -0.4 is 15.2 Å². The van der Waals surface area contributed by atoms with Crippen molar-refractivity contribution in [2.45, 2.75) is 26.2 Å². The van der Waals surface area contributed by atoms with Crippen molar-refractivity contribution < 1.29 is 14.6 Å². The standard InChI is InChI=1S/C23H24N2O3/c24-12-17-4-6-18(7-5-17)13-25(14-19-2-1-3-21(26)10-19)15-20-8-9-22-23(11-20)28-16-27-22/h1-11,26H,12-16,24H2. The third kappa shape index (κ3) is 4.44. The van der Waals surface area contributed by atoms with Crippen LogP contribution in [0.25, 0.3) is 0 Å². The van der Waals surface area contributed by atoms with Gasteiger partial charge in [0.15, 0.2) is 11.5 Å². The zero-order chi connectivity index (χ0) is 19.3. The summed E-state index contributed by atoms with van der Waals surface area (Å²) in [7, 11) is 0. The largest absolute Gasteiger partial charge is 0.508 e. The maximum atomic E-state index is 9.81. The second-order valence-electron chi connectivity index (χ2n) is 7.02. The summed E-state index contributed by atoms with van der Waals surface area (Å²) in [5, 5.41) is 9.81. The fraction of sp³-hybridized carbons (Fsp3) is 0.217. The first-order valence-corrected chi connectivity index (χ1v) is 9.36. The van der Waals surface area contributed by atoms with Gasteiger partial charge in [0.05, 0.1) is 0 Å². The summed E-state index contributed by atoms with van der Waals surface area (Å²) in [6.07, 6.45) is 0. The second kappa shape index (κ2) is 8.33. The Kier molecular flexibility index (Phi) is 5.46. The maximum Gasteiger partial charge on any atom is 0.231 e. The number of ether oxygens (including phenoxy) is 2. The van der Waals surface area contributed by atoms with Crippen LogP contribution in [0.5, 0.6) is 17.2 Å². The van der Waals surface area contributed by atoms with Crippen molar-refractivity contribution in [2.75, 3.05) is 6.79 Å². The molecule has 0 aromatic heterocycles. The second-order valence-corrected chi connectivity index (χ2v) is 7.02. The smallest absolute Gasteiger partial charge is 0.231 e. The fourth-order valence-electron chi connectivity index (χ4n) is 3.42. The van der Waals surface area contributed by atoms with Gasteiger partial charge in [-0.1, -0.05) is 42.5 Å². The zero-order valence-corrected chi connectivity index (χ0v) is 15.7. The SMILES string of the molecule is NCc1ccc(CN(Cc2cccc(O)c2)Cc2ccc3c(c2)OCO3)cc1. The normalized spacial score (nSPS) is 12.5. The van der Waals surface area contributed by atoms with Crippen LogP contribution in [-0.2, 0) is 26.2 Å². The van der Waals surface area contributed by atoms with Gasteiger partial charge in [-0.3, -0.25) is 4.90 Å². The predicted molar refractivity (Wildman–Crippen MR) is 108 cm³/mol. The van der Waals surface area contributed by atoms with Crippen molar-refractivity contribution in [1.82, 2.24) is 4.90 Å². The molecule has 4 rings (SSSR count). The van der Waals surface area contributed by atoms with Gasteiger partial charge in [0.25, 0.3) is 0 Å². The Balaban J connectivity index is 1.54. The summed E-state index contributed by atoms with van der Waals surface area (Å²) in [5.41, 5.74) is 10.3. The number of phenols is 1. The summed E-state index contributed by atoms with van der Waals surface area (Å²) in [4.78, 5) is 2.34. The third-order valence-corrected chi connectivity index (χ3v) is 4.82. The van der Waals surface area contributed by atoms with E-state index in [1.165, 1.54) is 5.56 Å². The molecule has 0 saturated carbocycles. The lowest BCUT2D eigenvalue weighted by molar-refractivity contribution is 0.174. The van der Waals surface area contributed by atoms with Gasteiger partial charge < -0.3 is 20.3 Å². The molecule has 0 fully saturated rings. The van der Waals surface area contributed by atoms with Crippen LogP contribution in [0.1, 0.15) is 22.3 Å². The van der Waals surface area contributed by atoms with E-state index < -0.39 is 0 Å². The van der Waals surface area contributed by atoms with E-state index in [-0.39, 0.29) is 12.5 Å². The quantitative estimate of drug-likeness (QED) is 0.657. The summed E-state index contributed by atoms with van der Waals surface area (Å²) in [5.74, 6) is 1.87. The van der Waals surface area contributed by atoms with Gasteiger partial charge in [-0.2, -0.15) is 0 Å². The molecule has 0 atom stereocenters. The van der Waals surface area contributed by atoms with Crippen LogP contribution in [0.4, 0.5) is 0 Å². The molecule has 28 heavy (non-hydrogen) atoms. The monoisotopic (exact) mass is 376 g/mol. The molecule has 0 radical (unpaired) electrons. The molecule has 3 aromatic rings. The van der Waals surface area contributed by atoms with Crippen molar-refractivity contribution >= 4 is 0 Å². The van der Waals surface area contributed by atoms with E-state index >= 15 is 0 Å². The lowest BCUT2D eigenvalue weighted by Crippen LogP contribution is -2.22. The Morgan fingerprint density at radius 1 is 0.750 bits per heavy atom. The molecule has 3 aromatic carbocycles. The molecule has 1 heterocycles. The highest BCUT2D eigenvalue weighted by Gasteiger charge is 2.15. The molecule has 0 saturated heterocycles. The van der Waals surface area contributed by atoms with Crippen LogP contribution in [0.3, 0.4) is 0 Å². The van der Waals surface area contributed by atoms with Crippen molar-refractivity contribution in [2.24, 2.45) is 5.73 Å². The van der Waals surface area contributed by atoms with E-state index in [9.17, 15) is 5.11 Å². The van der Waals surface area contributed by atoms with Crippen LogP contribution in [0, 0.1) is 0 Å². The molecule has 3 N–H and O–H groups in total. The number of nitrogens with two attached hydrogens (primary N) is 1. The first-order valence-electron chi connectivity index (χ1n) is 9.36. The molecule has 1 aliphatic heterocycles. The van der Waals surface area contributed by atoms with Crippen molar-refractivity contribution in [3.63, 3.8) is 0 Å². The Morgan fingerprint density at radius 2 is 1.39 bits per heavy atom. The molecular formula is C23H24N2O3. The van der Waals surface area contributed by atoms with Crippen molar-refractivity contribution in [3.8, 4) is 17.2 Å². The van der Waals surface area contributed by atoms with Gasteiger partial charge in [0.1, 0.15) is 5.75 Å². The number of benzene rings is 3. The van der Waals surface area contributed by atoms with Crippen LogP contribution in [-0.4, -0.2) is 16.8 Å². The highest BCUT2D eigenvalue weighted by molar-refractivity contribution is 5.44. The molecule has 5 heteroatoms. The van der Waals surface area contributed by atoms with Gasteiger partial charge >= 0.3 is 0 Å². The van der Waals surface area contributed by atoms with E-state index in [0.717, 1.165) is 47.8 Å². The first-order chi connectivity index (χ1) is 13.7. The molecule has 144 valence electrons. The molecule has 0 spiro atoms. The summed E-state index contributed by atoms with van der Waals surface area (Å²) >= 11 is 0. The van der Waals surface area contributed by atoms with Crippen molar-refractivity contribution in [1.29, 1.82) is 0 Å². The molecule has 0 unspecified atom stereocenters.